The smallest absolute Gasteiger partial charge is 0.153 e. The lowest BCUT2D eigenvalue weighted by Gasteiger charge is -2.07. The van der Waals surface area contributed by atoms with Gasteiger partial charge in [0, 0.05) is 18.1 Å². The van der Waals surface area contributed by atoms with Crippen LogP contribution >= 0.6 is 11.6 Å². The Hall–Kier alpha value is -1.18. The number of rotatable bonds is 6. The molecule has 5 heteroatoms. The normalized spacial score (nSPS) is 10.6. The highest BCUT2D eigenvalue weighted by molar-refractivity contribution is 7.91. The van der Waals surface area contributed by atoms with Crippen LogP contribution in [0.4, 0.5) is 0 Å². The van der Waals surface area contributed by atoms with Crippen molar-refractivity contribution in [3.05, 3.63) is 29.8 Å². The van der Waals surface area contributed by atoms with Gasteiger partial charge >= 0.3 is 0 Å². The number of sulfone groups is 1. The molecule has 0 saturated heterocycles. The molecule has 0 aliphatic heterocycles. The van der Waals surface area contributed by atoms with E-state index in [0.717, 1.165) is 5.56 Å². The van der Waals surface area contributed by atoms with Gasteiger partial charge in [-0.15, -0.1) is 11.6 Å². The number of para-hydroxylation sites is 1. The number of halogens is 1. The minimum absolute atomic E-state index is 0.0208. The van der Waals surface area contributed by atoms with Crippen LogP contribution < -0.4 is 4.74 Å². The van der Waals surface area contributed by atoms with E-state index in [0.29, 0.717) is 18.1 Å². The Morgan fingerprint density at radius 2 is 2.05 bits per heavy atom. The Morgan fingerprint density at radius 1 is 1.32 bits per heavy atom. The first-order valence-electron chi connectivity index (χ1n) is 6.06. The zero-order chi connectivity index (χ0) is 14.1. The molecule has 0 aliphatic carbocycles. The number of hydrogen-bond donors (Lipinski definition) is 0. The lowest BCUT2D eigenvalue weighted by Crippen LogP contribution is -2.15. The van der Waals surface area contributed by atoms with Crippen LogP contribution in [-0.2, 0) is 9.84 Å². The van der Waals surface area contributed by atoms with Crippen molar-refractivity contribution >= 4 is 21.4 Å². The summed E-state index contributed by atoms with van der Waals surface area (Å²) in [6.45, 7) is 1.77. The van der Waals surface area contributed by atoms with Gasteiger partial charge in [-0.1, -0.05) is 30.9 Å². The molecule has 0 radical (unpaired) electrons. The average Bonchev–Trinajstić information content (AvgIpc) is 2.41. The van der Waals surface area contributed by atoms with Crippen LogP contribution in [0.5, 0.6) is 5.75 Å². The van der Waals surface area contributed by atoms with Crippen molar-refractivity contribution < 1.29 is 13.2 Å². The molecule has 1 aromatic rings. The van der Waals surface area contributed by atoms with Gasteiger partial charge in [0.1, 0.15) is 12.4 Å². The molecule has 104 valence electrons. The molecule has 3 nitrogen and oxygen atoms in total. The molecule has 0 fully saturated rings. The van der Waals surface area contributed by atoms with Gasteiger partial charge in [-0.2, -0.15) is 0 Å². The Bertz CT molecular complexity index is 556. The maximum Gasteiger partial charge on any atom is 0.153 e. The van der Waals surface area contributed by atoms with E-state index in [1.807, 2.05) is 18.2 Å². The van der Waals surface area contributed by atoms with Crippen LogP contribution in [-0.4, -0.2) is 32.4 Å². The van der Waals surface area contributed by atoms with E-state index < -0.39 is 9.84 Å². The van der Waals surface area contributed by atoms with Crippen molar-refractivity contribution in [3.8, 4) is 17.6 Å². The summed E-state index contributed by atoms with van der Waals surface area (Å²) >= 11 is 5.56. The fourth-order valence-corrected chi connectivity index (χ4v) is 2.04. The Balaban J connectivity index is 2.66. The third kappa shape index (κ3) is 6.00. The number of benzene rings is 1. The van der Waals surface area contributed by atoms with Gasteiger partial charge in [-0.05, 0) is 12.1 Å². The van der Waals surface area contributed by atoms with Gasteiger partial charge in [-0.3, -0.25) is 0 Å². The molecular formula is C14H17ClO3S. The van der Waals surface area contributed by atoms with Gasteiger partial charge in [0.15, 0.2) is 9.84 Å². The van der Waals surface area contributed by atoms with E-state index in [2.05, 4.69) is 11.8 Å². The van der Waals surface area contributed by atoms with Gasteiger partial charge in [-0.25, -0.2) is 8.42 Å². The summed E-state index contributed by atoms with van der Waals surface area (Å²) in [5.74, 6) is 7.15. The van der Waals surface area contributed by atoms with Crippen LogP contribution in [0.1, 0.15) is 18.9 Å². The third-order valence-corrected chi connectivity index (χ3v) is 4.28. The van der Waals surface area contributed by atoms with Crippen molar-refractivity contribution in [1.29, 1.82) is 0 Å². The minimum atomic E-state index is -3.00. The molecule has 0 saturated carbocycles. The largest absolute Gasteiger partial charge is 0.491 e. The molecule has 0 amide bonds. The maximum absolute atomic E-state index is 11.4. The second-order valence-electron chi connectivity index (χ2n) is 3.82. The summed E-state index contributed by atoms with van der Waals surface area (Å²) in [6, 6.07) is 7.31. The summed E-state index contributed by atoms with van der Waals surface area (Å²) in [6.07, 6.45) is 0.611. The van der Waals surface area contributed by atoms with E-state index in [-0.39, 0.29) is 18.1 Å². The molecule has 19 heavy (non-hydrogen) atoms. The van der Waals surface area contributed by atoms with Crippen molar-refractivity contribution in [2.75, 3.05) is 24.0 Å². The van der Waals surface area contributed by atoms with E-state index in [9.17, 15) is 8.42 Å². The molecular weight excluding hydrogens is 284 g/mol. The van der Waals surface area contributed by atoms with E-state index in [1.54, 1.807) is 13.0 Å². The zero-order valence-electron chi connectivity index (χ0n) is 10.9. The van der Waals surface area contributed by atoms with Gasteiger partial charge in [0.25, 0.3) is 0 Å². The molecule has 0 aromatic heterocycles. The van der Waals surface area contributed by atoms with Gasteiger partial charge in [0.2, 0.25) is 0 Å². The summed E-state index contributed by atoms with van der Waals surface area (Å²) < 4.78 is 28.2. The summed E-state index contributed by atoms with van der Waals surface area (Å²) in [4.78, 5) is 0. The second kappa shape index (κ2) is 8.08. The second-order valence-corrected chi connectivity index (χ2v) is 6.67. The molecule has 0 atom stereocenters. The molecule has 0 N–H and O–H groups in total. The van der Waals surface area contributed by atoms with Crippen LogP contribution in [0.3, 0.4) is 0 Å². The molecule has 1 aromatic carbocycles. The maximum atomic E-state index is 11.4. The highest BCUT2D eigenvalue weighted by Gasteiger charge is 2.08. The van der Waals surface area contributed by atoms with Crippen LogP contribution in [0.25, 0.3) is 0 Å². The first kappa shape index (κ1) is 15.9. The Labute approximate surface area is 119 Å². The minimum Gasteiger partial charge on any atom is -0.491 e. The van der Waals surface area contributed by atoms with Crippen LogP contribution in [0.15, 0.2) is 24.3 Å². The van der Waals surface area contributed by atoms with Crippen molar-refractivity contribution in [2.24, 2.45) is 0 Å². The fourth-order valence-electron chi connectivity index (χ4n) is 1.32. The van der Waals surface area contributed by atoms with Gasteiger partial charge < -0.3 is 4.74 Å². The molecule has 0 bridgehead atoms. The van der Waals surface area contributed by atoms with Crippen molar-refractivity contribution in [2.45, 2.75) is 13.3 Å². The van der Waals surface area contributed by atoms with Crippen LogP contribution in [0.2, 0.25) is 0 Å². The van der Waals surface area contributed by atoms with E-state index >= 15 is 0 Å². The molecule has 0 aliphatic rings. The van der Waals surface area contributed by atoms with Crippen molar-refractivity contribution in [1.82, 2.24) is 0 Å². The quantitative estimate of drug-likeness (QED) is 0.599. The number of hydrogen-bond acceptors (Lipinski definition) is 3. The highest BCUT2D eigenvalue weighted by atomic mass is 35.5. The Morgan fingerprint density at radius 3 is 2.74 bits per heavy atom. The monoisotopic (exact) mass is 300 g/mol. The third-order valence-electron chi connectivity index (χ3n) is 2.42. The lowest BCUT2D eigenvalue weighted by atomic mass is 10.2. The molecule has 0 unspecified atom stereocenters. The predicted molar refractivity (Wildman–Crippen MR) is 78.5 cm³/mol. The SMILES string of the molecule is CCS(=O)(=O)CCOc1ccccc1C#CCCCl. The van der Waals surface area contributed by atoms with E-state index in [1.165, 1.54) is 0 Å². The Kier molecular flexibility index (Phi) is 6.75. The molecule has 1 rings (SSSR count). The lowest BCUT2D eigenvalue weighted by molar-refractivity contribution is 0.340. The number of alkyl halides is 1. The molecule has 0 spiro atoms. The first-order chi connectivity index (χ1) is 9.09. The number of ether oxygens (including phenoxy) is 1. The topological polar surface area (TPSA) is 43.4 Å². The fraction of sp³-hybridized carbons (Fsp3) is 0.429. The standard InChI is InChI=1S/C14H17ClO3S/c1-2-19(16,17)12-11-18-14-9-4-3-7-13(14)8-5-6-10-15/h3-4,7,9H,2,6,10-12H2,1H3. The predicted octanol–water partition coefficient (Wildman–Crippen LogP) is 2.48. The summed E-state index contributed by atoms with van der Waals surface area (Å²) in [7, 11) is -3.00. The van der Waals surface area contributed by atoms with E-state index in [4.69, 9.17) is 16.3 Å². The average molecular weight is 301 g/mol. The molecule has 0 heterocycles. The summed E-state index contributed by atoms with van der Waals surface area (Å²) in [5, 5.41) is 0. The van der Waals surface area contributed by atoms with Crippen LogP contribution in [0, 0.1) is 11.8 Å². The highest BCUT2D eigenvalue weighted by Crippen LogP contribution is 2.16. The zero-order valence-corrected chi connectivity index (χ0v) is 12.4. The first-order valence-corrected chi connectivity index (χ1v) is 8.41. The summed E-state index contributed by atoms with van der Waals surface area (Å²) in [5.41, 5.74) is 0.751. The van der Waals surface area contributed by atoms with Crippen molar-refractivity contribution in [3.63, 3.8) is 0 Å². The van der Waals surface area contributed by atoms with Gasteiger partial charge in [0.05, 0.1) is 11.3 Å².